The van der Waals surface area contributed by atoms with E-state index < -0.39 is 5.91 Å². The van der Waals surface area contributed by atoms with Crippen molar-refractivity contribution in [3.05, 3.63) is 64.5 Å². The number of nitrogens with zero attached hydrogens (tertiary/aromatic N) is 1. The van der Waals surface area contributed by atoms with Crippen LogP contribution in [0, 0.1) is 0 Å². The topological polar surface area (TPSA) is 81.9 Å². The highest BCUT2D eigenvalue weighted by Crippen LogP contribution is 2.38. The average Bonchev–Trinajstić information content (AvgIpc) is 3.27. The van der Waals surface area contributed by atoms with Crippen LogP contribution in [0.5, 0.6) is 11.5 Å². The lowest BCUT2D eigenvalue weighted by Crippen LogP contribution is -2.36. The molecule has 7 heteroatoms. The van der Waals surface area contributed by atoms with Crippen molar-refractivity contribution in [1.82, 2.24) is 0 Å². The number of nitrogens with two attached hydrogens (primary N) is 1. The second kappa shape index (κ2) is 7.50. The summed E-state index contributed by atoms with van der Waals surface area (Å²) >= 11 is 1.44. The van der Waals surface area contributed by atoms with Gasteiger partial charge in [0.1, 0.15) is 13.2 Å². The van der Waals surface area contributed by atoms with E-state index in [4.69, 9.17) is 15.2 Å². The fourth-order valence-corrected chi connectivity index (χ4v) is 4.96. The molecule has 2 aromatic carbocycles. The van der Waals surface area contributed by atoms with Crippen LogP contribution < -0.4 is 20.1 Å². The summed E-state index contributed by atoms with van der Waals surface area (Å²) in [5.41, 5.74) is 8.64. The average molecular weight is 420 g/mol. The van der Waals surface area contributed by atoms with Crippen molar-refractivity contribution in [2.45, 2.75) is 12.8 Å². The zero-order valence-electron chi connectivity index (χ0n) is 16.2. The zero-order valence-corrected chi connectivity index (χ0v) is 17.0. The highest BCUT2D eigenvalue weighted by Gasteiger charge is 2.27. The molecule has 3 aromatic rings. The van der Waals surface area contributed by atoms with Gasteiger partial charge in [-0.15, -0.1) is 11.3 Å². The van der Waals surface area contributed by atoms with Crippen LogP contribution in [0.4, 0.5) is 5.69 Å². The fraction of sp³-hybridized carbons (Fsp3) is 0.217. The molecule has 0 spiro atoms. The Kier molecular flexibility index (Phi) is 4.67. The molecule has 152 valence electrons. The third-order valence-corrected chi connectivity index (χ3v) is 6.53. The van der Waals surface area contributed by atoms with E-state index in [0.717, 1.165) is 46.0 Å². The molecule has 2 aliphatic rings. The first kappa shape index (κ1) is 18.7. The number of rotatable bonds is 3. The molecule has 0 bridgehead atoms. The molecule has 0 saturated heterocycles. The third-order valence-electron chi connectivity index (χ3n) is 5.40. The molecule has 0 aliphatic carbocycles. The number of carbonyl (C=O) groups excluding carboxylic acids is 2. The lowest BCUT2D eigenvalue weighted by molar-refractivity contribution is 0.0980. The van der Waals surface area contributed by atoms with Gasteiger partial charge in [0.15, 0.2) is 11.5 Å². The second-order valence-corrected chi connectivity index (χ2v) is 8.33. The van der Waals surface area contributed by atoms with E-state index >= 15 is 0 Å². The Bertz CT molecular complexity index is 1150. The number of hydrogen-bond donors (Lipinski definition) is 1. The Balaban J connectivity index is 1.45. The number of fused-ring (bicyclic) bond motifs is 2. The van der Waals surface area contributed by atoms with Gasteiger partial charge < -0.3 is 20.1 Å². The van der Waals surface area contributed by atoms with Crippen LogP contribution in [0.15, 0.2) is 48.5 Å². The highest BCUT2D eigenvalue weighted by molar-refractivity contribution is 7.17. The maximum atomic E-state index is 13.3. The third kappa shape index (κ3) is 3.21. The zero-order chi connectivity index (χ0) is 20.7. The first-order chi connectivity index (χ1) is 14.6. The quantitative estimate of drug-likeness (QED) is 0.697. The van der Waals surface area contributed by atoms with Gasteiger partial charge in [-0.2, -0.15) is 0 Å². The summed E-state index contributed by atoms with van der Waals surface area (Å²) in [5.74, 6) is 0.946. The molecule has 0 radical (unpaired) electrons. The minimum Gasteiger partial charge on any atom is -0.486 e. The van der Waals surface area contributed by atoms with E-state index in [1.54, 1.807) is 17.0 Å². The van der Waals surface area contributed by atoms with Crippen LogP contribution in [-0.4, -0.2) is 31.6 Å². The van der Waals surface area contributed by atoms with Gasteiger partial charge in [0.05, 0.1) is 4.88 Å². The SMILES string of the molecule is NC(=O)c1cccc2c1CCCN2C(=O)c1ccc(-c2ccc3c(c2)OCCO3)s1. The van der Waals surface area contributed by atoms with E-state index in [1.807, 2.05) is 36.4 Å². The molecule has 5 rings (SSSR count). The fourth-order valence-electron chi connectivity index (χ4n) is 4.00. The van der Waals surface area contributed by atoms with E-state index in [2.05, 4.69) is 0 Å². The van der Waals surface area contributed by atoms with Crippen molar-refractivity contribution in [3.63, 3.8) is 0 Å². The molecule has 3 heterocycles. The number of benzene rings is 2. The Morgan fingerprint density at radius 2 is 1.83 bits per heavy atom. The van der Waals surface area contributed by atoms with Crippen LogP contribution >= 0.6 is 11.3 Å². The number of primary amides is 1. The largest absolute Gasteiger partial charge is 0.486 e. The van der Waals surface area contributed by atoms with Crippen molar-refractivity contribution in [1.29, 1.82) is 0 Å². The molecule has 30 heavy (non-hydrogen) atoms. The number of thiophene rings is 1. The molecule has 2 N–H and O–H groups in total. The number of anilines is 1. The maximum Gasteiger partial charge on any atom is 0.268 e. The van der Waals surface area contributed by atoms with Crippen molar-refractivity contribution in [2.24, 2.45) is 5.73 Å². The predicted molar refractivity (Wildman–Crippen MR) is 116 cm³/mol. The lowest BCUT2D eigenvalue weighted by Gasteiger charge is -2.30. The molecule has 1 aromatic heterocycles. The van der Waals surface area contributed by atoms with Gasteiger partial charge >= 0.3 is 0 Å². The van der Waals surface area contributed by atoms with Gasteiger partial charge in [-0.25, -0.2) is 0 Å². The number of carbonyl (C=O) groups is 2. The molecular weight excluding hydrogens is 400 g/mol. The van der Waals surface area contributed by atoms with E-state index in [9.17, 15) is 9.59 Å². The normalized spacial score (nSPS) is 14.9. The lowest BCUT2D eigenvalue weighted by atomic mass is 9.95. The highest BCUT2D eigenvalue weighted by atomic mass is 32.1. The van der Waals surface area contributed by atoms with Crippen molar-refractivity contribution in [2.75, 3.05) is 24.7 Å². The van der Waals surface area contributed by atoms with Crippen LogP contribution in [0.25, 0.3) is 10.4 Å². The molecular formula is C23H20N2O4S. The summed E-state index contributed by atoms with van der Waals surface area (Å²) in [6.07, 6.45) is 1.54. The summed E-state index contributed by atoms with van der Waals surface area (Å²) in [7, 11) is 0. The summed E-state index contributed by atoms with van der Waals surface area (Å²) < 4.78 is 11.3. The van der Waals surface area contributed by atoms with Gasteiger partial charge in [0.2, 0.25) is 5.91 Å². The van der Waals surface area contributed by atoms with E-state index in [-0.39, 0.29) is 5.91 Å². The van der Waals surface area contributed by atoms with Crippen LogP contribution in [0.1, 0.15) is 32.0 Å². The summed E-state index contributed by atoms with van der Waals surface area (Å²) in [5, 5.41) is 0. The van der Waals surface area contributed by atoms with Crippen LogP contribution in [0.3, 0.4) is 0 Å². The minimum absolute atomic E-state index is 0.0636. The molecule has 0 fully saturated rings. The van der Waals surface area contributed by atoms with Crippen LogP contribution in [-0.2, 0) is 6.42 Å². The van der Waals surface area contributed by atoms with E-state index in [1.165, 1.54) is 11.3 Å². The van der Waals surface area contributed by atoms with Crippen molar-refractivity contribution < 1.29 is 19.1 Å². The number of ether oxygens (including phenoxy) is 2. The Morgan fingerprint density at radius 3 is 2.67 bits per heavy atom. The summed E-state index contributed by atoms with van der Waals surface area (Å²) in [4.78, 5) is 28.5. The van der Waals surface area contributed by atoms with Gasteiger partial charge in [0.25, 0.3) is 5.91 Å². The minimum atomic E-state index is -0.460. The Labute approximate surface area is 177 Å². The van der Waals surface area contributed by atoms with E-state index in [0.29, 0.717) is 30.2 Å². The van der Waals surface area contributed by atoms with Gasteiger partial charge in [0, 0.05) is 22.7 Å². The summed E-state index contributed by atoms with van der Waals surface area (Å²) in [6, 6.07) is 15.0. The smallest absolute Gasteiger partial charge is 0.268 e. The van der Waals surface area contributed by atoms with Gasteiger partial charge in [-0.05, 0) is 66.4 Å². The Morgan fingerprint density at radius 1 is 1.00 bits per heavy atom. The molecule has 2 amide bonds. The molecule has 0 unspecified atom stereocenters. The monoisotopic (exact) mass is 420 g/mol. The molecule has 6 nitrogen and oxygen atoms in total. The standard InChI is InChI=1S/C23H20N2O4S/c24-22(26)16-3-1-5-17-15(16)4-2-10-25(17)23(27)21-9-8-20(30-21)14-6-7-18-19(13-14)29-12-11-28-18/h1,3,5-9,13H,2,4,10-12H2,(H2,24,26). The van der Waals surface area contributed by atoms with Crippen molar-refractivity contribution in [3.8, 4) is 21.9 Å². The van der Waals surface area contributed by atoms with Gasteiger partial charge in [-0.3, -0.25) is 9.59 Å². The molecule has 0 saturated carbocycles. The van der Waals surface area contributed by atoms with Crippen LogP contribution in [0.2, 0.25) is 0 Å². The van der Waals surface area contributed by atoms with Crippen molar-refractivity contribution >= 4 is 28.8 Å². The first-order valence-corrected chi connectivity index (χ1v) is 10.7. The second-order valence-electron chi connectivity index (χ2n) is 7.25. The number of hydrogen-bond acceptors (Lipinski definition) is 5. The van der Waals surface area contributed by atoms with Gasteiger partial charge in [-0.1, -0.05) is 6.07 Å². The molecule has 2 aliphatic heterocycles. The maximum absolute atomic E-state index is 13.3. The summed E-state index contributed by atoms with van der Waals surface area (Å²) in [6.45, 7) is 1.70. The molecule has 0 atom stereocenters. The first-order valence-electron chi connectivity index (χ1n) is 9.85. The number of amides is 2. The predicted octanol–water partition coefficient (Wildman–Crippen LogP) is 3.88. The Hall–Kier alpha value is -3.32.